The normalized spacial score (nSPS) is 18.5. The predicted molar refractivity (Wildman–Crippen MR) is 88.4 cm³/mol. The van der Waals surface area contributed by atoms with Gasteiger partial charge < -0.3 is 10.2 Å². The Balaban J connectivity index is 2.17. The zero-order valence-corrected chi connectivity index (χ0v) is 13.4. The number of benzene rings is 1. The number of anilines is 1. The van der Waals surface area contributed by atoms with Gasteiger partial charge >= 0.3 is 0 Å². The number of nitrogens with zero attached hydrogens (tertiary/aromatic N) is 2. The van der Waals surface area contributed by atoms with Gasteiger partial charge in [-0.05, 0) is 56.3 Å². The Bertz CT molecular complexity index is 490. The van der Waals surface area contributed by atoms with Crippen LogP contribution in [0.3, 0.4) is 0 Å². The van der Waals surface area contributed by atoms with Crippen molar-refractivity contribution in [2.45, 2.75) is 58.5 Å². The maximum atomic E-state index is 9.51. The highest BCUT2D eigenvalue weighted by atomic mass is 15.2. The van der Waals surface area contributed by atoms with E-state index in [2.05, 4.69) is 48.3 Å². The van der Waals surface area contributed by atoms with Crippen LogP contribution in [0.15, 0.2) is 18.2 Å². The van der Waals surface area contributed by atoms with Crippen LogP contribution in [0.1, 0.15) is 57.1 Å². The van der Waals surface area contributed by atoms with Crippen molar-refractivity contribution in [1.82, 2.24) is 5.32 Å². The van der Waals surface area contributed by atoms with E-state index in [4.69, 9.17) is 0 Å². The highest BCUT2D eigenvalue weighted by Gasteiger charge is 2.23. The van der Waals surface area contributed by atoms with Crippen LogP contribution in [-0.4, -0.2) is 19.1 Å². The first kappa shape index (κ1) is 15.9. The standard InChI is InChI=1S/C18H27N3/c1-3-10-20-14-15-8-9-18(16(12-15)13-19)21-11-6-5-7-17(21)4-2/h8-9,12,17,20H,3-7,10-11,14H2,1-2H3. The molecule has 0 saturated carbocycles. The van der Waals surface area contributed by atoms with Crippen molar-refractivity contribution in [3.8, 4) is 6.07 Å². The second-order valence-electron chi connectivity index (χ2n) is 5.89. The summed E-state index contributed by atoms with van der Waals surface area (Å²) in [6, 6.07) is 9.36. The number of hydrogen-bond acceptors (Lipinski definition) is 3. The Hall–Kier alpha value is -1.53. The number of hydrogen-bond donors (Lipinski definition) is 1. The molecular formula is C18H27N3. The van der Waals surface area contributed by atoms with Crippen molar-refractivity contribution in [3.63, 3.8) is 0 Å². The molecule has 1 aliphatic heterocycles. The molecule has 1 aliphatic rings. The number of nitrogens with one attached hydrogen (secondary N) is 1. The zero-order valence-electron chi connectivity index (χ0n) is 13.4. The topological polar surface area (TPSA) is 39.1 Å². The third-order valence-corrected chi connectivity index (χ3v) is 4.35. The summed E-state index contributed by atoms with van der Waals surface area (Å²) in [6.07, 6.45) is 6.10. The van der Waals surface area contributed by atoms with Gasteiger partial charge in [-0.25, -0.2) is 0 Å². The second-order valence-corrected chi connectivity index (χ2v) is 5.89. The van der Waals surface area contributed by atoms with Gasteiger partial charge in [-0.2, -0.15) is 5.26 Å². The van der Waals surface area contributed by atoms with Crippen LogP contribution >= 0.6 is 0 Å². The third kappa shape index (κ3) is 3.98. The van der Waals surface area contributed by atoms with Crippen molar-refractivity contribution in [1.29, 1.82) is 5.26 Å². The smallest absolute Gasteiger partial charge is 0.101 e. The van der Waals surface area contributed by atoms with Crippen LogP contribution in [-0.2, 0) is 6.54 Å². The van der Waals surface area contributed by atoms with Crippen LogP contribution < -0.4 is 10.2 Å². The van der Waals surface area contributed by atoms with Crippen LogP contribution in [0.25, 0.3) is 0 Å². The molecule has 1 N–H and O–H groups in total. The molecule has 3 heteroatoms. The van der Waals surface area contributed by atoms with Crippen molar-refractivity contribution in [2.24, 2.45) is 0 Å². The summed E-state index contributed by atoms with van der Waals surface area (Å²) in [7, 11) is 0. The van der Waals surface area contributed by atoms with Gasteiger partial charge in [0, 0.05) is 19.1 Å². The molecule has 1 fully saturated rings. The van der Waals surface area contributed by atoms with E-state index in [9.17, 15) is 5.26 Å². The van der Waals surface area contributed by atoms with E-state index in [0.29, 0.717) is 6.04 Å². The molecule has 1 saturated heterocycles. The van der Waals surface area contributed by atoms with Gasteiger partial charge in [0.25, 0.3) is 0 Å². The summed E-state index contributed by atoms with van der Waals surface area (Å²) < 4.78 is 0. The van der Waals surface area contributed by atoms with E-state index < -0.39 is 0 Å². The largest absolute Gasteiger partial charge is 0.367 e. The van der Waals surface area contributed by atoms with Crippen LogP contribution in [0.4, 0.5) is 5.69 Å². The minimum absolute atomic E-state index is 0.593. The summed E-state index contributed by atoms with van der Waals surface area (Å²) in [5, 5.41) is 12.9. The lowest BCUT2D eigenvalue weighted by atomic mass is 9.97. The summed E-state index contributed by atoms with van der Waals surface area (Å²) >= 11 is 0. The minimum Gasteiger partial charge on any atom is -0.367 e. The Morgan fingerprint density at radius 2 is 2.19 bits per heavy atom. The molecule has 0 aliphatic carbocycles. The lowest BCUT2D eigenvalue weighted by Crippen LogP contribution is -2.39. The molecule has 0 radical (unpaired) electrons. The van der Waals surface area contributed by atoms with E-state index in [1.165, 1.54) is 24.8 Å². The molecule has 114 valence electrons. The summed E-state index contributed by atoms with van der Waals surface area (Å²) in [4.78, 5) is 2.45. The lowest BCUT2D eigenvalue weighted by Gasteiger charge is -2.37. The molecule has 1 aromatic rings. The average Bonchev–Trinajstić information content (AvgIpc) is 2.55. The minimum atomic E-state index is 0.593. The molecule has 0 bridgehead atoms. The Morgan fingerprint density at radius 1 is 1.33 bits per heavy atom. The van der Waals surface area contributed by atoms with Gasteiger partial charge in [0.05, 0.1) is 11.3 Å². The fraction of sp³-hybridized carbons (Fsp3) is 0.611. The second kappa shape index (κ2) is 8.05. The first-order chi connectivity index (χ1) is 10.3. The molecule has 1 unspecified atom stereocenters. The zero-order chi connectivity index (χ0) is 15.1. The monoisotopic (exact) mass is 285 g/mol. The van der Waals surface area contributed by atoms with E-state index in [0.717, 1.165) is 43.7 Å². The third-order valence-electron chi connectivity index (χ3n) is 4.35. The first-order valence-electron chi connectivity index (χ1n) is 8.30. The van der Waals surface area contributed by atoms with Gasteiger partial charge in [-0.1, -0.05) is 19.9 Å². The average molecular weight is 285 g/mol. The quantitative estimate of drug-likeness (QED) is 0.807. The summed E-state index contributed by atoms with van der Waals surface area (Å²) in [5.74, 6) is 0. The molecule has 2 rings (SSSR count). The van der Waals surface area contributed by atoms with Gasteiger partial charge in [0.2, 0.25) is 0 Å². The fourth-order valence-electron chi connectivity index (χ4n) is 3.18. The maximum Gasteiger partial charge on any atom is 0.101 e. The van der Waals surface area contributed by atoms with Gasteiger partial charge in [-0.3, -0.25) is 0 Å². The summed E-state index contributed by atoms with van der Waals surface area (Å²) in [6.45, 7) is 7.37. The maximum absolute atomic E-state index is 9.51. The number of rotatable bonds is 6. The van der Waals surface area contributed by atoms with Crippen molar-refractivity contribution < 1.29 is 0 Å². The van der Waals surface area contributed by atoms with E-state index >= 15 is 0 Å². The summed E-state index contributed by atoms with van der Waals surface area (Å²) in [5.41, 5.74) is 3.16. The molecule has 1 atom stereocenters. The molecule has 0 spiro atoms. The first-order valence-corrected chi connectivity index (χ1v) is 8.30. The molecule has 0 amide bonds. The van der Waals surface area contributed by atoms with E-state index in [1.807, 2.05) is 0 Å². The van der Waals surface area contributed by atoms with Gasteiger partial charge in [0.15, 0.2) is 0 Å². The van der Waals surface area contributed by atoms with Crippen molar-refractivity contribution in [2.75, 3.05) is 18.0 Å². The van der Waals surface area contributed by atoms with Crippen molar-refractivity contribution >= 4 is 5.69 Å². The Morgan fingerprint density at radius 3 is 2.90 bits per heavy atom. The molecule has 1 heterocycles. The SMILES string of the molecule is CCCNCc1ccc(N2CCCCC2CC)c(C#N)c1. The van der Waals surface area contributed by atoms with Crippen LogP contribution in [0, 0.1) is 11.3 Å². The molecular weight excluding hydrogens is 258 g/mol. The number of nitriles is 1. The lowest BCUT2D eigenvalue weighted by molar-refractivity contribution is 0.450. The highest BCUT2D eigenvalue weighted by molar-refractivity contribution is 5.61. The fourth-order valence-corrected chi connectivity index (χ4v) is 3.18. The van der Waals surface area contributed by atoms with Gasteiger partial charge in [0.1, 0.15) is 6.07 Å². The molecule has 0 aromatic heterocycles. The predicted octanol–water partition coefficient (Wildman–Crippen LogP) is 3.83. The Labute approximate surface area is 129 Å². The Kier molecular flexibility index (Phi) is 6.07. The highest BCUT2D eigenvalue weighted by Crippen LogP contribution is 2.29. The van der Waals surface area contributed by atoms with E-state index in [1.54, 1.807) is 0 Å². The van der Waals surface area contributed by atoms with Crippen molar-refractivity contribution in [3.05, 3.63) is 29.3 Å². The molecule has 21 heavy (non-hydrogen) atoms. The van der Waals surface area contributed by atoms with Crippen LogP contribution in [0.2, 0.25) is 0 Å². The van der Waals surface area contributed by atoms with E-state index in [-0.39, 0.29) is 0 Å². The molecule has 1 aromatic carbocycles. The number of piperidine rings is 1. The van der Waals surface area contributed by atoms with Crippen LogP contribution in [0.5, 0.6) is 0 Å². The molecule has 3 nitrogen and oxygen atoms in total. The van der Waals surface area contributed by atoms with Gasteiger partial charge in [-0.15, -0.1) is 0 Å².